The van der Waals surface area contributed by atoms with Crippen molar-refractivity contribution in [3.63, 3.8) is 0 Å². The monoisotopic (exact) mass is 488 g/mol. The zero-order valence-electron chi connectivity index (χ0n) is 19.6. The summed E-state index contributed by atoms with van der Waals surface area (Å²) in [7, 11) is 1.49. The van der Waals surface area contributed by atoms with Crippen LogP contribution in [-0.4, -0.2) is 69.6 Å². The summed E-state index contributed by atoms with van der Waals surface area (Å²) in [5.41, 5.74) is 1.70. The van der Waals surface area contributed by atoms with Crippen LogP contribution in [-0.2, 0) is 17.7 Å². The minimum Gasteiger partial charge on any atom is -0.481 e. The Balaban J connectivity index is 1.19. The lowest BCUT2D eigenvalue weighted by molar-refractivity contribution is -0.0719. The van der Waals surface area contributed by atoms with E-state index < -0.39 is 24.5 Å². The minimum absolute atomic E-state index is 0.0410. The number of nitrogens with one attached hydrogen (secondary N) is 1. The Morgan fingerprint density at radius 2 is 2.29 bits per heavy atom. The van der Waals surface area contributed by atoms with Gasteiger partial charge in [-0.25, -0.2) is 9.37 Å². The van der Waals surface area contributed by atoms with E-state index in [-0.39, 0.29) is 18.0 Å². The number of rotatable bonds is 7. The molecular formula is C23H26FN5O4S. The van der Waals surface area contributed by atoms with Gasteiger partial charge >= 0.3 is 0 Å². The third kappa shape index (κ3) is 5.07. The quantitative estimate of drug-likeness (QED) is 0.514. The summed E-state index contributed by atoms with van der Waals surface area (Å²) in [4.78, 5) is 9.29. The highest BCUT2D eigenvalue weighted by atomic mass is 32.2. The number of ether oxygens (including phenoxy) is 3. The average molecular weight is 489 g/mol. The van der Waals surface area contributed by atoms with E-state index in [1.54, 1.807) is 23.9 Å². The molecule has 180 valence electrons. The normalized spacial score (nSPS) is 22.4. The van der Waals surface area contributed by atoms with Gasteiger partial charge in [0.1, 0.15) is 5.82 Å². The van der Waals surface area contributed by atoms with Gasteiger partial charge in [0.05, 0.1) is 60.4 Å². The molecule has 34 heavy (non-hydrogen) atoms. The van der Waals surface area contributed by atoms with Crippen LogP contribution in [0.2, 0.25) is 0 Å². The highest BCUT2D eigenvalue weighted by Crippen LogP contribution is 2.31. The first kappa shape index (κ1) is 21.9. The molecule has 0 radical (unpaired) electrons. The van der Waals surface area contributed by atoms with Crippen LogP contribution >= 0.6 is 11.8 Å². The van der Waals surface area contributed by atoms with Crippen LogP contribution in [0.4, 0.5) is 4.39 Å². The summed E-state index contributed by atoms with van der Waals surface area (Å²) in [6.07, 6.45) is 1.06. The van der Waals surface area contributed by atoms with Crippen molar-refractivity contribution in [2.75, 3.05) is 26.1 Å². The molecule has 0 spiro atoms. The van der Waals surface area contributed by atoms with Crippen molar-refractivity contribution >= 4 is 22.8 Å². The largest absolute Gasteiger partial charge is 0.481 e. The molecule has 2 unspecified atom stereocenters. The van der Waals surface area contributed by atoms with Crippen LogP contribution in [0, 0.1) is 5.82 Å². The molecule has 0 saturated carbocycles. The maximum absolute atomic E-state index is 14.6. The van der Waals surface area contributed by atoms with Crippen LogP contribution in [0.25, 0.3) is 11.0 Å². The van der Waals surface area contributed by atoms with Gasteiger partial charge in [-0.2, -0.15) is 5.10 Å². The van der Waals surface area contributed by atoms with Gasteiger partial charge in [-0.1, -0.05) is 0 Å². The molecule has 0 aliphatic carbocycles. The third-order valence-electron chi connectivity index (χ3n) is 5.89. The number of fused-ring (bicyclic) bond motifs is 2. The van der Waals surface area contributed by atoms with Crippen molar-refractivity contribution < 1.29 is 25.1 Å². The fourth-order valence-electron chi connectivity index (χ4n) is 4.08. The van der Waals surface area contributed by atoms with Crippen molar-refractivity contribution in [2.24, 2.45) is 0 Å². The second kappa shape index (κ2) is 10.3. The predicted octanol–water partition coefficient (Wildman–Crippen LogP) is 2.29. The molecule has 2 aliphatic rings. The van der Waals surface area contributed by atoms with Gasteiger partial charge in [-0.15, -0.1) is 16.9 Å². The van der Waals surface area contributed by atoms with Gasteiger partial charge < -0.3 is 24.6 Å². The topological polar surface area (TPSA) is 112 Å². The Hall–Kier alpha value is -2.60. The second-order valence-corrected chi connectivity index (χ2v) is 9.31. The molecule has 3 aromatic heterocycles. The molecule has 11 heteroatoms. The lowest BCUT2D eigenvalue weighted by Gasteiger charge is -2.32. The van der Waals surface area contributed by atoms with Gasteiger partial charge in [0, 0.05) is 37.7 Å². The summed E-state index contributed by atoms with van der Waals surface area (Å²) in [6, 6.07) is 5.13. The molecule has 3 aromatic rings. The molecule has 9 nitrogen and oxygen atoms in total. The van der Waals surface area contributed by atoms with Crippen LogP contribution in [0.3, 0.4) is 0 Å². The van der Waals surface area contributed by atoms with Gasteiger partial charge in [0.2, 0.25) is 11.8 Å². The first-order valence-corrected chi connectivity index (χ1v) is 12.1. The van der Waals surface area contributed by atoms with Crippen molar-refractivity contribution in [1.82, 2.24) is 25.5 Å². The van der Waals surface area contributed by atoms with E-state index in [1.807, 2.05) is 6.07 Å². The zero-order chi connectivity index (χ0) is 24.4. The number of hydrogen-bond acceptors (Lipinski definition) is 10. The summed E-state index contributed by atoms with van der Waals surface area (Å²) >= 11 is 1.64. The van der Waals surface area contributed by atoms with Crippen molar-refractivity contribution in [2.45, 2.75) is 48.9 Å². The van der Waals surface area contributed by atoms with Crippen LogP contribution < -0.4 is 14.8 Å². The number of halogens is 1. The van der Waals surface area contributed by atoms with Gasteiger partial charge in [0.15, 0.2) is 0 Å². The Kier molecular flexibility index (Phi) is 6.66. The minimum atomic E-state index is -0.917. The van der Waals surface area contributed by atoms with E-state index in [1.165, 1.54) is 7.11 Å². The zero-order valence-corrected chi connectivity index (χ0v) is 19.4. The highest BCUT2D eigenvalue weighted by molar-refractivity contribution is 7.99. The maximum atomic E-state index is 14.6. The van der Waals surface area contributed by atoms with Crippen molar-refractivity contribution in [3.05, 3.63) is 41.5 Å². The van der Waals surface area contributed by atoms with E-state index >= 15 is 0 Å². The molecule has 4 atom stereocenters. The van der Waals surface area contributed by atoms with Crippen molar-refractivity contribution in [3.8, 4) is 11.8 Å². The molecule has 1 saturated heterocycles. The molecule has 5 rings (SSSR count). The fourth-order valence-corrected chi connectivity index (χ4v) is 4.89. The summed E-state index contributed by atoms with van der Waals surface area (Å²) in [5.74, 6) is 1.18. The molecule has 5 heterocycles. The van der Waals surface area contributed by atoms with Gasteiger partial charge in [0.25, 0.3) is 0 Å². The standard InChI is InChI=1S/C23H26FN5O4S/c1-31-21-5-3-17-22(27-21)15(16(24)11-26-17)9-18(30)19-4-2-13(12-33-19)25-10-14-8-20-23(29-28-14)32-6-7-34-20/h3,5,8,11,13,18-19,25,30H,2,4,6-7,9-10,12H2,1H3/t13?,18-,19-/m0/s1/i10D/t10?,13?,18-,19-. The number of aromatic nitrogens is 4. The molecule has 2 aliphatic heterocycles. The predicted molar refractivity (Wildman–Crippen MR) is 124 cm³/mol. The molecule has 0 amide bonds. The number of hydrogen-bond donors (Lipinski definition) is 2. The lowest BCUT2D eigenvalue weighted by Crippen LogP contribution is -2.44. The first-order chi connectivity index (χ1) is 17.0. The average Bonchev–Trinajstić information content (AvgIpc) is 2.90. The van der Waals surface area contributed by atoms with E-state index in [4.69, 9.17) is 15.6 Å². The highest BCUT2D eigenvalue weighted by Gasteiger charge is 2.29. The number of aliphatic hydroxyl groups is 1. The Morgan fingerprint density at radius 1 is 1.38 bits per heavy atom. The summed E-state index contributed by atoms with van der Waals surface area (Å²) in [6.45, 7) is 0.165. The van der Waals surface area contributed by atoms with E-state index in [2.05, 4.69) is 25.5 Å². The fraction of sp³-hybridized carbons (Fsp3) is 0.478. The Morgan fingerprint density at radius 3 is 3.12 bits per heavy atom. The van der Waals surface area contributed by atoms with Crippen LogP contribution in [0.15, 0.2) is 29.3 Å². The van der Waals surface area contributed by atoms with Crippen molar-refractivity contribution in [1.29, 1.82) is 0 Å². The van der Waals surface area contributed by atoms with Crippen LogP contribution in [0.1, 0.15) is 25.5 Å². The number of nitrogens with zero attached hydrogens (tertiary/aromatic N) is 4. The summed E-state index contributed by atoms with van der Waals surface area (Å²) in [5, 5.41) is 22.2. The molecular weight excluding hydrogens is 461 g/mol. The number of aliphatic hydroxyl groups excluding tert-OH is 1. The van der Waals surface area contributed by atoms with E-state index in [0.717, 1.165) is 16.8 Å². The Labute approximate surface area is 201 Å². The molecule has 0 bridgehead atoms. The molecule has 0 aromatic carbocycles. The van der Waals surface area contributed by atoms with E-state index in [0.29, 0.717) is 54.5 Å². The third-order valence-corrected chi connectivity index (χ3v) is 6.87. The SMILES string of the molecule is [2H]C(NC1CC[C@@H]([C@@H](O)Cc2c(F)cnc3ccc(OC)nc23)OC1)c1cc2c(nn1)OCCS2. The van der Waals surface area contributed by atoms with Gasteiger partial charge in [-0.3, -0.25) is 4.98 Å². The number of methoxy groups -OCH3 is 1. The second-order valence-electron chi connectivity index (χ2n) is 8.17. The number of thioether (sulfide) groups is 1. The maximum Gasteiger partial charge on any atom is 0.247 e. The smallest absolute Gasteiger partial charge is 0.247 e. The van der Waals surface area contributed by atoms with E-state index in [9.17, 15) is 9.50 Å². The van der Waals surface area contributed by atoms with Gasteiger partial charge in [-0.05, 0) is 25.0 Å². The molecule has 1 fully saturated rings. The lowest BCUT2D eigenvalue weighted by atomic mass is 9.96. The number of pyridine rings is 2. The Bertz CT molecular complexity index is 1200. The van der Waals surface area contributed by atoms with Crippen LogP contribution in [0.5, 0.6) is 11.8 Å². The molecule has 2 N–H and O–H groups in total. The summed E-state index contributed by atoms with van der Waals surface area (Å²) < 4.78 is 39.6. The first-order valence-electron chi connectivity index (χ1n) is 11.7.